The van der Waals surface area contributed by atoms with E-state index in [1.54, 1.807) is 6.07 Å². The average Bonchev–Trinajstić information content (AvgIpc) is 3.71. The minimum Gasteiger partial charge on any atom is -0.309 e. The molecular weight excluding hydrogens is 838 g/mol. The van der Waals surface area contributed by atoms with E-state index in [9.17, 15) is 13.2 Å². The zero-order valence-corrected chi connectivity index (χ0v) is 36.4. The lowest BCUT2D eigenvalue weighted by Gasteiger charge is -2.34. The maximum Gasteiger partial charge on any atom is 0.416 e. The number of para-hydroxylation sites is 1. The van der Waals surface area contributed by atoms with Crippen LogP contribution in [0.25, 0.3) is 72.8 Å². The molecule has 11 rings (SSSR count). The van der Waals surface area contributed by atoms with E-state index in [1.807, 2.05) is 102 Å². The second-order valence-corrected chi connectivity index (χ2v) is 20.1. The van der Waals surface area contributed by atoms with Crippen LogP contribution in [0.5, 0.6) is 0 Å². The van der Waals surface area contributed by atoms with Crippen LogP contribution in [0.3, 0.4) is 0 Å². The van der Waals surface area contributed by atoms with E-state index in [4.69, 9.17) is 15.0 Å². The summed E-state index contributed by atoms with van der Waals surface area (Å²) in [7, 11) is -2.98. The summed E-state index contributed by atoms with van der Waals surface area (Å²) < 4.78 is 45.2. The Labute approximate surface area is 381 Å². The molecule has 0 spiro atoms. The first kappa shape index (κ1) is 40.6. The van der Waals surface area contributed by atoms with Crippen molar-refractivity contribution < 1.29 is 13.2 Å². The van der Waals surface area contributed by atoms with Gasteiger partial charge in [-0.05, 0) is 68.3 Å². The van der Waals surface area contributed by atoms with Crippen molar-refractivity contribution in [3.05, 3.63) is 242 Å². The fraction of sp³-hybridized carbons (Fsp3) is 0.0172. The van der Waals surface area contributed by atoms with Crippen LogP contribution >= 0.6 is 0 Å². The Morgan fingerprint density at radius 1 is 0.348 bits per heavy atom. The van der Waals surface area contributed by atoms with Gasteiger partial charge in [-0.25, -0.2) is 15.0 Å². The highest BCUT2D eigenvalue weighted by molar-refractivity contribution is 7.19. The van der Waals surface area contributed by atoms with E-state index in [0.717, 1.165) is 55.4 Å². The number of rotatable bonds is 9. The zero-order valence-electron chi connectivity index (χ0n) is 35.4. The van der Waals surface area contributed by atoms with Gasteiger partial charge in [0.25, 0.3) is 0 Å². The topological polar surface area (TPSA) is 43.6 Å². The highest BCUT2D eigenvalue weighted by Gasteiger charge is 2.41. The molecule has 0 amide bonds. The highest BCUT2D eigenvalue weighted by Crippen LogP contribution is 2.40. The maximum atomic E-state index is 14.4. The van der Waals surface area contributed by atoms with E-state index < -0.39 is 19.8 Å². The molecule has 0 N–H and O–H groups in total. The Hall–Kier alpha value is -8.20. The van der Waals surface area contributed by atoms with Crippen LogP contribution in [0.2, 0.25) is 0 Å². The maximum absolute atomic E-state index is 14.4. The molecule has 0 aliphatic rings. The Kier molecular flexibility index (Phi) is 10.3. The van der Waals surface area contributed by atoms with Crippen molar-refractivity contribution in [1.82, 2.24) is 19.5 Å². The second kappa shape index (κ2) is 16.7. The predicted molar refractivity (Wildman–Crippen MR) is 265 cm³/mol. The smallest absolute Gasteiger partial charge is 0.309 e. The van der Waals surface area contributed by atoms with Crippen molar-refractivity contribution in [2.75, 3.05) is 0 Å². The van der Waals surface area contributed by atoms with Gasteiger partial charge in [-0.3, -0.25) is 0 Å². The van der Waals surface area contributed by atoms with Crippen LogP contribution < -0.4 is 20.7 Å². The summed E-state index contributed by atoms with van der Waals surface area (Å²) >= 11 is 0. The van der Waals surface area contributed by atoms with Crippen molar-refractivity contribution in [3.8, 4) is 51.0 Å². The number of hydrogen-bond acceptors (Lipinski definition) is 3. The number of aromatic nitrogens is 4. The van der Waals surface area contributed by atoms with Crippen molar-refractivity contribution in [1.29, 1.82) is 0 Å². The fourth-order valence-electron chi connectivity index (χ4n) is 9.44. The number of hydrogen-bond donors (Lipinski definition) is 0. The average molecular weight is 877 g/mol. The summed E-state index contributed by atoms with van der Waals surface area (Å²) in [4.78, 5) is 15.4. The normalized spacial score (nSPS) is 11.9. The molecule has 2 heterocycles. The van der Waals surface area contributed by atoms with E-state index in [2.05, 4.69) is 121 Å². The Balaban J connectivity index is 1.22. The van der Waals surface area contributed by atoms with Gasteiger partial charge in [0, 0.05) is 33.2 Å². The second-order valence-electron chi connectivity index (χ2n) is 16.3. The van der Waals surface area contributed by atoms with E-state index >= 15 is 0 Å². The monoisotopic (exact) mass is 876 g/mol. The van der Waals surface area contributed by atoms with Gasteiger partial charge in [0.1, 0.15) is 0 Å². The van der Waals surface area contributed by atoms with Crippen LogP contribution in [-0.4, -0.2) is 27.6 Å². The molecule has 0 saturated carbocycles. The summed E-state index contributed by atoms with van der Waals surface area (Å²) in [5, 5.41) is 6.45. The number of alkyl halides is 3. The van der Waals surface area contributed by atoms with Gasteiger partial charge in [-0.1, -0.05) is 200 Å². The molecule has 0 saturated heterocycles. The predicted octanol–water partition coefficient (Wildman–Crippen LogP) is 12.0. The zero-order chi connectivity index (χ0) is 44.7. The van der Waals surface area contributed by atoms with Crippen molar-refractivity contribution >= 4 is 50.6 Å². The molecule has 0 aliphatic heterocycles. The lowest BCUT2D eigenvalue weighted by molar-refractivity contribution is -0.137. The Bertz CT molecular complexity index is 3350. The lowest BCUT2D eigenvalue weighted by Crippen LogP contribution is -2.74. The first-order valence-corrected chi connectivity index (χ1v) is 23.8. The Morgan fingerprint density at radius 3 is 1.38 bits per heavy atom. The molecule has 66 heavy (non-hydrogen) atoms. The number of nitrogens with zero attached hydrogens (tertiary/aromatic N) is 4. The van der Waals surface area contributed by atoms with Crippen molar-refractivity contribution in [2.24, 2.45) is 0 Å². The third-order valence-corrected chi connectivity index (χ3v) is 17.2. The third kappa shape index (κ3) is 7.18. The molecule has 11 aromatic rings. The summed E-state index contributed by atoms with van der Waals surface area (Å²) in [5.74, 6) is 1.51. The van der Waals surface area contributed by atoms with Gasteiger partial charge in [-0.2, -0.15) is 13.2 Å². The molecule has 0 unspecified atom stereocenters. The number of fused-ring (bicyclic) bond motifs is 3. The molecule has 316 valence electrons. The van der Waals surface area contributed by atoms with Crippen LogP contribution in [-0.2, 0) is 6.18 Å². The van der Waals surface area contributed by atoms with Crippen LogP contribution in [0.1, 0.15) is 5.56 Å². The van der Waals surface area contributed by atoms with Gasteiger partial charge in [0.05, 0.1) is 16.6 Å². The molecule has 2 aromatic heterocycles. The minimum atomic E-state index is -4.52. The molecule has 0 atom stereocenters. The standard InChI is InChI=1S/C58H39F3N4Si/c59-58(60,61)43-33-35-50-49-31-16-17-32-53(49)65(54(50)38-43)44-34-36-51(57-63-55(40-19-6-1-7-20-40)62-56(64-57)41-21-8-2-9-22-41)52(39-44)42-23-18-30-48(37-42)66(45-24-10-3-11-25-45,46-26-12-4-13-27-46)47-28-14-5-15-29-47/h1-39H. The summed E-state index contributed by atoms with van der Waals surface area (Å²) in [6, 6.07) is 78.5. The van der Waals surface area contributed by atoms with Crippen molar-refractivity contribution in [3.63, 3.8) is 0 Å². The number of halogens is 3. The summed E-state index contributed by atoms with van der Waals surface area (Å²) in [6.45, 7) is 0. The first-order chi connectivity index (χ1) is 32.4. The van der Waals surface area contributed by atoms with Gasteiger partial charge in [-0.15, -0.1) is 0 Å². The minimum absolute atomic E-state index is 0.458. The quantitative estimate of drug-likeness (QED) is 0.107. The molecule has 9 aromatic carbocycles. The van der Waals surface area contributed by atoms with E-state index in [1.165, 1.54) is 21.6 Å². The van der Waals surface area contributed by atoms with Gasteiger partial charge < -0.3 is 4.57 Å². The summed E-state index contributed by atoms with van der Waals surface area (Å²) in [5.41, 5.74) is 5.39. The highest BCUT2D eigenvalue weighted by atomic mass is 28.3. The molecule has 0 aliphatic carbocycles. The fourth-order valence-corrected chi connectivity index (χ4v) is 14.2. The van der Waals surface area contributed by atoms with E-state index in [-0.39, 0.29) is 0 Å². The molecule has 0 radical (unpaired) electrons. The number of benzene rings is 9. The first-order valence-electron chi connectivity index (χ1n) is 21.8. The lowest BCUT2D eigenvalue weighted by atomic mass is 9.98. The van der Waals surface area contributed by atoms with E-state index in [0.29, 0.717) is 28.7 Å². The summed E-state index contributed by atoms with van der Waals surface area (Å²) in [6.07, 6.45) is -4.52. The molecule has 0 bridgehead atoms. The Morgan fingerprint density at radius 2 is 0.818 bits per heavy atom. The third-order valence-electron chi connectivity index (χ3n) is 12.4. The molecule has 0 fully saturated rings. The molecule has 4 nitrogen and oxygen atoms in total. The molecular formula is C58H39F3N4Si. The van der Waals surface area contributed by atoms with Gasteiger partial charge in [0.2, 0.25) is 0 Å². The van der Waals surface area contributed by atoms with Crippen LogP contribution in [0, 0.1) is 0 Å². The largest absolute Gasteiger partial charge is 0.416 e. The molecule has 8 heteroatoms. The van der Waals surface area contributed by atoms with Crippen molar-refractivity contribution in [2.45, 2.75) is 6.18 Å². The van der Waals surface area contributed by atoms with Crippen LogP contribution in [0.15, 0.2) is 237 Å². The van der Waals surface area contributed by atoms with Gasteiger partial charge in [0.15, 0.2) is 25.5 Å². The van der Waals surface area contributed by atoms with Crippen LogP contribution in [0.4, 0.5) is 13.2 Å². The SMILES string of the molecule is FC(F)(F)c1ccc2c3ccccc3n(-c3ccc(-c4nc(-c5ccccc5)nc(-c5ccccc5)n4)c(-c4cccc([Si](c5ccccc5)(c5ccccc5)c5ccccc5)c4)c3)c2c1. The van der Waals surface area contributed by atoms with Gasteiger partial charge >= 0.3 is 6.18 Å².